The summed E-state index contributed by atoms with van der Waals surface area (Å²) in [5.41, 5.74) is 1.33. The second-order valence-corrected chi connectivity index (χ2v) is 9.46. The van der Waals surface area contributed by atoms with Crippen molar-refractivity contribution in [2.75, 3.05) is 17.8 Å². The number of nitrogens with zero attached hydrogens (tertiary/aromatic N) is 3. The molecule has 1 N–H and O–H groups in total. The Hall–Kier alpha value is -2.91. The molecule has 10 heteroatoms. The van der Waals surface area contributed by atoms with Crippen molar-refractivity contribution in [3.05, 3.63) is 58.9 Å². The highest BCUT2D eigenvalue weighted by Gasteiger charge is 2.25. The molecular weight excluding hydrogens is 440 g/mol. The average molecular weight is 461 g/mol. The molecular formula is C21H21ClN4O4S. The Bertz CT molecular complexity index is 1220. The molecule has 1 fully saturated rings. The second-order valence-electron chi connectivity index (χ2n) is 7.37. The number of halogens is 1. The van der Waals surface area contributed by atoms with Gasteiger partial charge in [-0.2, -0.15) is 4.98 Å². The fraction of sp³-hybridized carbons (Fsp3) is 0.286. The first-order chi connectivity index (χ1) is 14.8. The van der Waals surface area contributed by atoms with Crippen LogP contribution in [-0.2, 0) is 10.0 Å². The number of nitrogens with one attached hydrogen (secondary N) is 1. The summed E-state index contributed by atoms with van der Waals surface area (Å²) >= 11 is 5.95. The zero-order chi connectivity index (χ0) is 22.0. The van der Waals surface area contributed by atoms with Crippen LogP contribution >= 0.6 is 11.6 Å². The molecule has 2 heterocycles. The van der Waals surface area contributed by atoms with Crippen LogP contribution in [-0.4, -0.2) is 42.5 Å². The fourth-order valence-corrected chi connectivity index (χ4v) is 4.96. The van der Waals surface area contributed by atoms with Gasteiger partial charge in [0.15, 0.2) is 0 Å². The fourth-order valence-electron chi connectivity index (χ4n) is 3.45. The molecule has 1 amide bonds. The monoisotopic (exact) mass is 460 g/mol. The number of aromatic nitrogens is 2. The van der Waals surface area contributed by atoms with E-state index in [-0.39, 0.29) is 22.5 Å². The Morgan fingerprint density at radius 3 is 2.65 bits per heavy atom. The number of rotatable bonds is 5. The quantitative estimate of drug-likeness (QED) is 0.613. The van der Waals surface area contributed by atoms with E-state index in [1.165, 1.54) is 12.1 Å². The summed E-state index contributed by atoms with van der Waals surface area (Å²) in [6, 6.07) is 11.3. The summed E-state index contributed by atoms with van der Waals surface area (Å²) in [4.78, 5) is 18.5. The van der Waals surface area contributed by atoms with Gasteiger partial charge in [-0.25, -0.2) is 8.42 Å². The molecule has 8 nitrogen and oxygen atoms in total. The number of carbonyl (C=O) groups is 1. The minimum absolute atomic E-state index is 0.0682. The van der Waals surface area contributed by atoms with E-state index in [0.29, 0.717) is 34.9 Å². The van der Waals surface area contributed by atoms with Gasteiger partial charge < -0.3 is 9.42 Å². The van der Waals surface area contributed by atoms with Gasteiger partial charge in [-0.15, -0.1) is 0 Å². The predicted octanol–water partition coefficient (Wildman–Crippen LogP) is 4.13. The molecule has 31 heavy (non-hydrogen) atoms. The molecule has 4 rings (SSSR count). The van der Waals surface area contributed by atoms with E-state index in [2.05, 4.69) is 14.9 Å². The molecule has 1 aliphatic heterocycles. The summed E-state index contributed by atoms with van der Waals surface area (Å²) in [6.07, 6.45) is 3.00. The van der Waals surface area contributed by atoms with Crippen molar-refractivity contribution < 1.29 is 17.7 Å². The van der Waals surface area contributed by atoms with Gasteiger partial charge >= 0.3 is 11.8 Å². The molecule has 0 bridgehead atoms. The van der Waals surface area contributed by atoms with Crippen molar-refractivity contribution in [1.82, 2.24) is 15.0 Å². The third-order valence-electron chi connectivity index (χ3n) is 5.06. The van der Waals surface area contributed by atoms with Crippen LogP contribution in [0.3, 0.4) is 0 Å². The van der Waals surface area contributed by atoms with Crippen LogP contribution in [0.1, 0.15) is 35.5 Å². The molecule has 2 aromatic carbocycles. The molecule has 3 aromatic rings. The number of hydrogen-bond donors (Lipinski definition) is 1. The maximum atomic E-state index is 13.0. The summed E-state index contributed by atoms with van der Waals surface area (Å²) < 4.78 is 33.6. The lowest BCUT2D eigenvalue weighted by Crippen LogP contribution is -2.35. The van der Waals surface area contributed by atoms with Crippen LogP contribution in [0.15, 0.2) is 51.9 Å². The third kappa shape index (κ3) is 4.72. The van der Waals surface area contributed by atoms with Gasteiger partial charge in [0, 0.05) is 23.7 Å². The second kappa shape index (κ2) is 8.68. The van der Waals surface area contributed by atoms with Gasteiger partial charge in [-0.1, -0.05) is 35.0 Å². The molecule has 0 unspecified atom stereocenters. The van der Waals surface area contributed by atoms with Gasteiger partial charge in [0.1, 0.15) is 0 Å². The third-order valence-corrected chi connectivity index (χ3v) is 6.82. The normalized spacial score (nSPS) is 14.5. The predicted molar refractivity (Wildman–Crippen MR) is 116 cm³/mol. The van der Waals surface area contributed by atoms with Crippen LogP contribution in [0.2, 0.25) is 5.02 Å². The minimum Gasteiger partial charge on any atom is -0.334 e. The van der Waals surface area contributed by atoms with Crippen LogP contribution < -0.4 is 4.72 Å². The maximum Gasteiger partial charge on any atom is 0.316 e. The van der Waals surface area contributed by atoms with E-state index >= 15 is 0 Å². The Labute approximate surface area is 185 Å². The number of aryl methyl sites for hydroxylation is 1. The first-order valence-corrected chi connectivity index (χ1v) is 11.7. The number of anilines is 1. The highest BCUT2D eigenvalue weighted by molar-refractivity contribution is 7.92. The van der Waals surface area contributed by atoms with Crippen molar-refractivity contribution in [2.24, 2.45) is 0 Å². The lowest BCUT2D eigenvalue weighted by Gasteiger charge is -2.24. The van der Waals surface area contributed by atoms with E-state index in [4.69, 9.17) is 16.1 Å². The lowest BCUT2D eigenvalue weighted by atomic mass is 10.1. The summed E-state index contributed by atoms with van der Waals surface area (Å²) in [5.74, 6) is -0.250. The van der Waals surface area contributed by atoms with Crippen LogP contribution in [0.5, 0.6) is 0 Å². The first kappa shape index (κ1) is 21.3. The van der Waals surface area contributed by atoms with Gasteiger partial charge in [-0.05, 0) is 56.0 Å². The van der Waals surface area contributed by atoms with E-state index < -0.39 is 10.0 Å². The van der Waals surface area contributed by atoms with E-state index in [9.17, 15) is 13.2 Å². The number of sulfonamides is 1. The van der Waals surface area contributed by atoms with E-state index in [1.54, 1.807) is 42.2 Å². The van der Waals surface area contributed by atoms with Crippen molar-refractivity contribution >= 4 is 33.2 Å². The zero-order valence-corrected chi connectivity index (χ0v) is 18.4. The van der Waals surface area contributed by atoms with Crippen molar-refractivity contribution in [2.45, 2.75) is 31.1 Å². The highest BCUT2D eigenvalue weighted by Crippen LogP contribution is 2.26. The number of benzene rings is 2. The molecule has 0 atom stereocenters. The van der Waals surface area contributed by atoms with Crippen LogP contribution in [0.25, 0.3) is 11.4 Å². The number of carbonyl (C=O) groups excluding carboxylic acids is 1. The van der Waals surface area contributed by atoms with Crippen LogP contribution in [0, 0.1) is 6.92 Å². The molecule has 1 saturated heterocycles. The number of amides is 1. The standard InChI is InChI=1S/C21H21ClN4O4S/c1-14-8-9-15(12-18(14)31(28,29)25-17-7-5-6-16(22)13-17)19-23-20(30-24-19)21(27)26-10-3-2-4-11-26/h5-9,12-13,25H,2-4,10-11H2,1H3. The van der Waals surface area contributed by atoms with Gasteiger partial charge in [0.05, 0.1) is 10.6 Å². The molecule has 0 saturated carbocycles. The Balaban J connectivity index is 1.61. The highest BCUT2D eigenvalue weighted by atomic mass is 35.5. The van der Waals surface area contributed by atoms with E-state index in [1.807, 2.05) is 0 Å². The topological polar surface area (TPSA) is 105 Å². The lowest BCUT2D eigenvalue weighted by molar-refractivity contribution is 0.0674. The molecule has 0 spiro atoms. The first-order valence-electron chi connectivity index (χ1n) is 9.86. The Morgan fingerprint density at radius 2 is 1.90 bits per heavy atom. The van der Waals surface area contributed by atoms with E-state index in [0.717, 1.165) is 19.3 Å². The van der Waals surface area contributed by atoms with Gasteiger partial charge in [0.2, 0.25) is 5.82 Å². The number of hydrogen-bond acceptors (Lipinski definition) is 6. The Kier molecular flexibility index (Phi) is 5.97. The summed E-state index contributed by atoms with van der Waals surface area (Å²) in [5, 5.41) is 4.30. The molecule has 0 aliphatic carbocycles. The summed E-state index contributed by atoms with van der Waals surface area (Å²) in [7, 11) is -3.89. The van der Waals surface area contributed by atoms with Crippen molar-refractivity contribution in [3.8, 4) is 11.4 Å². The molecule has 0 radical (unpaired) electrons. The van der Waals surface area contributed by atoms with Crippen LogP contribution in [0.4, 0.5) is 5.69 Å². The number of piperidine rings is 1. The largest absolute Gasteiger partial charge is 0.334 e. The molecule has 162 valence electrons. The summed E-state index contributed by atoms with van der Waals surface area (Å²) in [6.45, 7) is 3.02. The Morgan fingerprint density at radius 1 is 1.13 bits per heavy atom. The number of likely N-dealkylation sites (tertiary alicyclic amines) is 1. The minimum atomic E-state index is -3.89. The molecule has 1 aliphatic rings. The van der Waals surface area contributed by atoms with Gasteiger partial charge in [0.25, 0.3) is 10.0 Å². The SMILES string of the molecule is Cc1ccc(-c2noc(C(=O)N3CCCCC3)n2)cc1S(=O)(=O)Nc1cccc(Cl)c1. The van der Waals surface area contributed by atoms with Gasteiger partial charge in [-0.3, -0.25) is 9.52 Å². The average Bonchev–Trinajstić information content (AvgIpc) is 3.24. The zero-order valence-electron chi connectivity index (χ0n) is 16.8. The van der Waals surface area contributed by atoms with Crippen molar-refractivity contribution in [1.29, 1.82) is 0 Å². The maximum absolute atomic E-state index is 13.0. The van der Waals surface area contributed by atoms with Crippen molar-refractivity contribution in [3.63, 3.8) is 0 Å². The molecule has 1 aromatic heterocycles. The smallest absolute Gasteiger partial charge is 0.316 e.